The van der Waals surface area contributed by atoms with E-state index in [9.17, 15) is 0 Å². The Bertz CT molecular complexity index is 512. The molecule has 2 aliphatic rings. The summed E-state index contributed by atoms with van der Waals surface area (Å²) in [6.45, 7) is 9.65. The summed E-state index contributed by atoms with van der Waals surface area (Å²) in [5.41, 5.74) is 1.56. The number of benzene rings is 1. The average molecular weight is 317 g/mol. The van der Waals surface area contributed by atoms with Gasteiger partial charge in [0.05, 0.1) is 0 Å². The number of hydrogen-bond donors (Lipinski definition) is 0. The maximum atomic E-state index is 7.03. The number of fused-ring (bicyclic) bond motifs is 1. The first-order valence-corrected chi connectivity index (χ1v) is 11.9. The van der Waals surface area contributed by atoms with Crippen molar-refractivity contribution in [3.05, 3.63) is 29.8 Å². The topological polar surface area (TPSA) is 9.23 Å². The van der Waals surface area contributed by atoms with Crippen molar-refractivity contribution < 1.29 is 4.43 Å². The molecule has 3 rings (SSSR count). The Balaban J connectivity index is 1.84. The molecular weight excluding hydrogens is 284 g/mol. The minimum Gasteiger partial charge on any atom is -0.409 e. The molecule has 1 aromatic carbocycles. The van der Waals surface area contributed by atoms with Crippen molar-refractivity contribution in [2.45, 2.75) is 71.6 Å². The van der Waals surface area contributed by atoms with E-state index in [1.54, 1.807) is 10.8 Å². The zero-order chi connectivity index (χ0) is 15.7. The van der Waals surface area contributed by atoms with Gasteiger partial charge < -0.3 is 4.43 Å². The minimum atomic E-state index is -1.76. The smallest absolute Gasteiger partial charge is 0.221 e. The largest absolute Gasteiger partial charge is 0.409 e. The average Bonchev–Trinajstić information content (AvgIpc) is 2.47. The summed E-state index contributed by atoms with van der Waals surface area (Å²) in [6, 6.07) is 10.4. The highest BCUT2D eigenvalue weighted by molar-refractivity contribution is 6.86. The van der Waals surface area contributed by atoms with Crippen molar-refractivity contribution in [2.75, 3.05) is 0 Å². The zero-order valence-electron chi connectivity index (χ0n) is 14.8. The highest BCUT2D eigenvalue weighted by Gasteiger charge is 2.41. The third kappa shape index (κ3) is 3.19. The van der Waals surface area contributed by atoms with Crippen molar-refractivity contribution in [2.24, 2.45) is 17.8 Å². The molecule has 0 unspecified atom stereocenters. The first-order valence-electron chi connectivity index (χ1n) is 9.26. The highest BCUT2D eigenvalue weighted by atomic mass is 28.4. The van der Waals surface area contributed by atoms with Crippen LogP contribution in [0.1, 0.15) is 52.0 Å². The van der Waals surface area contributed by atoms with Crippen molar-refractivity contribution in [3.63, 3.8) is 0 Å². The number of hydrogen-bond acceptors (Lipinski definition) is 1. The second-order valence-electron chi connectivity index (χ2n) is 8.22. The van der Waals surface area contributed by atoms with Crippen LogP contribution in [-0.4, -0.2) is 14.4 Å². The molecule has 1 saturated carbocycles. The van der Waals surface area contributed by atoms with Crippen LogP contribution in [0.3, 0.4) is 0 Å². The fraction of sp³-hybridized carbons (Fsp3) is 0.700. The summed E-state index contributed by atoms with van der Waals surface area (Å²) >= 11 is 0. The Labute approximate surface area is 137 Å². The summed E-state index contributed by atoms with van der Waals surface area (Å²) in [4.78, 5) is 0. The van der Waals surface area contributed by atoms with Crippen LogP contribution in [0.2, 0.25) is 12.6 Å². The Hall–Kier alpha value is -0.603. The fourth-order valence-corrected chi connectivity index (χ4v) is 8.35. The standard InChI is InChI=1S/C20H32OSi/c1-15(2)18-12-11-16(3)14-19(18)21-22(4)13-7-9-17-8-5-6-10-20(17)22/h5-6,8,10,15-16,18-19H,7,9,11-14H2,1-4H3/t16-,18+,19-,22+/m1/s1. The van der Waals surface area contributed by atoms with E-state index < -0.39 is 8.32 Å². The lowest BCUT2D eigenvalue weighted by Crippen LogP contribution is -2.55. The lowest BCUT2D eigenvalue weighted by Gasteiger charge is -2.44. The van der Waals surface area contributed by atoms with E-state index in [0.717, 1.165) is 17.8 Å². The van der Waals surface area contributed by atoms with Crippen LogP contribution in [0, 0.1) is 17.8 Å². The first-order chi connectivity index (χ1) is 10.5. The lowest BCUT2D eigenvalue weighted by molar-refractivity contribution is 0.0403. The Morgan fingerprint density at radius 3 is 2.73 bits per heavy atom. The van der Waals surface area contributed by atoms with Crippen LogP contribution < -0.4 is 5.19 Å². The van der Waals surface area contributed by atoms with E-state index in [-0.39, 0.29) is 0 Å². The predicted molar refractivity (Wildman–Crippen MR) is 97.0 cm³/mol. The van der Waals surface area contributed by atoms with Gasteiger partial charge in [-0.05, 0) is 66.8 Å². The molecule has 1 heterocycles. The van der Waals surface area contributed by atoms with Crippen LogP contribution in [0.4, 0.5) is 0 Å². The van der Waals surface area contributed by atoms with Crippen molar-refractivity contribution >= 4 is 13.5 Å². The minimum absolute atomic E-state index is 0.492. The molecule has 0 spiro atoms. The van der Waals surface area contributed by atoms with Gasteiger partial charge in [-0.3, -0.25) is 0 Å². The van der Waals surface area contributed by atoms with Crippen LogP contribution in [0.25, 0.3) is 0 Å². The molecule has 0 radical (unpaired) electrons. The quantitative estimate of drug-likeness (QED) is 0.721. The maximum Gasteiger partial charge on any atom is 0.221 e. The fourth-order valence-electron chi connectivity index (χ4n) is 4.71. The monoisotopic (exact) mass is 316 g/mol. The highest BCUT2D eigenvalue weighted by Crippen LogP contribution is 2.38. The Morgan fingerprint density at radius 2 is 1.95 bits per heavy atom. The molecule has 0 saturated heterocycles. The maximum absolute atomic E-state index is 7.03. The second-order valence-corrected chi connectivity index (χ2v) is 12.0. The molecule has 0 bridgehead atoms. The van der Waals surface area contributed by atoms with Gasteiger partial charge in [-0.1, -0.05) is 51.5 Å². The Kier molecular flexibility index (Phi) is 4.79. The van der Waals surface area contributed by atoms with E-state index >= 15 is 0 Å². The van der Waals surface area contributed by atoms with E-state index in [4.69, 9.17) is 4.43 Å². The summed E-state index contributed by atoms with van der Waals surface area (Å²) < 4.78 is 7.03. The first kappa shape index (κ1) is 16.3. The van der Waals surface area contributed by atoms with Gasteiger partial charge in [0.15, 0.2) is 0 Å². The third-order valence-electron chi connectivity index (χ3n) is 6.06. The van der Waals surface area contributed by atoms with E-state index in [0.29, 0.717) is 6.10 Å². The van der Waals surface area contributed by atoms with Gasteiger partial charge in [0.25, 0.3) is 0 Å². The van der Waals surface area contributed by atoms with E-state index in [1.807, 2.05) is 0 Å². The summed E-state index contributed by atoms with van der Waals surface area (Å²) in [7, 11) is -1.76. The van der Waals surface area contributed by atoms with Crippen molar-refractivity contribution in [1.29, 1.82) is 0 Å². The van der Waals surface area contributed by atoms with Crippen LogP contribution in [-0.2, 0) is 10.8 Å². The molecule has 1 fully saturated rings. The zero-order valence-corrected chi connectivity index (χ0v) is 15.8. The van der Waals surface area contributed by atoms with Gasteiger partial charge >= 0.3 is 0 Å². The molecule has 2 heteroatoms. The number of rotatable bonds is 3. The van der Waals surface area contributed by atoms with E-state index in [2.05, 4.69) is 51.6 Å². The predicted octanol–water partition coefficient (Wildman–Crippen LogP) is 4.89. The van der Waals surface area contributed by atoms with Gasteiger partial charge in [0.2, 0.25) is 8.32 Å². The van der Waals surface area contributed by atoms with Crippen LogP contribution >= 0.6 is 0 Å². The second kappa shape index (κ2) is 6.49. The lowest BCUT2D eigenvalue weighted by atomic mass is 9.75. The molecule has 0 aromatic heterocycles. The summed E-state index contributed by atoms with van der Waals surface area (Å²) in [6.07, 6.45) is 7.07. The molecule has 4 atom stereocenters. The van der Waals surface area contributed by atoms with E-state index in [1.165, 1.54) is 38.1 Å². The molecule has 1 aromatic rings. The molecule has 22 heavy (non-hydrogen) atoms. The normalized spacial score (nSPS) is 35.4. The van der Waals surface area contributed by atoms with Gasteiger partial charge in [-0.2, -0.15) is 0 Å². The molecule has 0 amide bonds. The SMILES string of the molecule is CC(C)[C@@H]1CC[C@@H](C)C[C@H]1O[Si@@]1(C)CCCc2ccccc21. The molecule has 0 N–H and O–H groups in total. The summed E-state index contributed by atoms with van der Waals surface area (Å²) in [5, 5.41) is 1.59. The Morgan fingerprint density at radius 1 is 1.18 bits per heavy atom. The molecular formula is C20H32OSi. The molecule has 1 aliphatic carbocycles. The van der Waals surface area contributed by atoms with Gasteiger partial charge in [0, 0.05) is 6.10 Å². The van der Waals surface area contributed by atoms with Gasteiger partial charge in [0.1, 0.15) is 0 Å². The van der Waals surface area contributed by atoms with Crippen molar-refractivity contribution in [1.82, 2.24) is 0 Å². The summed E-state index contributed by atoms with van der Waals surface area (Å²) in [5.74, 6) is 2.33. The van der Waals surface area contributed by atoms with Gasteiger partial charge in [-0.15, -0.1) is 0 Å². The third-order valence-corrected chi connectivity index (χ3v) is 9.82. The molecule has 1 aliphatic heterocycles. The van der Waals surface area contributed by atoms with Crippen molar-refractivity contribution in [3.8, 4) is 0 Å². The number of aryl methyl sites for hydroxylation is 1. The molecule has 1 nitrogen and oxygen atoms in total. The molecule has 122 valence electrons. The van der Waals surface area contributed by atoms with Gasteiger partial charge in [-0.25, -0.2) is 0 Å². The van der Waals surface area contributed by atoms with Crippen LogP contribution in [0.5, 0.6) is 0 Å². The van der Waals surface area contributed by atoms with Crippen LogP contribution in [0.15, 0.2) is 24.3 Å².